The fourth-order valence-electron chi connectivity index (χ4n) is 5.83. The Bertz CT molecular complexity index is 1950. The predicted molar refractivity (Wildman–Crippen MR) is 182 cm³/mol. The van der Waals surface area contributed by atoms with Crippen molar-refractivity contribution in [2.45, 2.75) is 45.2 Å². The molecular weight excluding hydrogens is 614 g/mol. The van der Waals surface area contributed by atoms with Crippen LogP contribution in [-0.2, 0) is 4.79 Å². The van der Waals surface area contributed by atoms with Gasteiger partial charge in [-0.3, -0.25) is 14.5 Å². The summed E-state index contributed by atoms with van der Waals surface area (Å²) in [4.78, 5) is 49.3. The fourth-order valence-corrected chi connectivity index (χ4v) is 6.85. The van der Waals surface area contributed by atoms with Crippen molar-refractivity contribution in [2.24, 2.45) is 0 Å². The molecule has 4 amide bonds. The van der Waals surface area contributed by atoms with Gasteiger partial charge in [0.1, 0.15) is 32.8 Å². The number of thiophene rings is 1. The third-order valence-electron chi connectivity index (χ3n) is 8.38. The van der Waals surface area contributed by atoms with Gasteiger partial charge in [0.15, 0.2) is 0 Å². The Morgan fingerprint density at radius 1 is 1.15 bits per heavy atom. The molecule has 0 radical (unpaired) electrons. The molecule has 2 aromatic carbocycles. The number of carbonyl (C=O) groups is 3. The van der Waals surface area contributed by atoms with Gasteiger partial charge in [-0.1, -0.05) is 18.2 Å². The van der Waals surface area contributed by atoms with E-state index in [1.165, 1.54) is 11.3 Å². The van der Waals surface area contributed by atoms with E-state index in [9.17, 15) is 19.6 Å². The number of likely N-dealkylation sites (N-methyl/N-ethyl adjacent to an activating group) is 1. The van der Waals surface area contributed by atoms with Gasteiger partial charge >= 0.3 is 6.03 Å². The number of para-hydroxylation sites is 1. The lowest BCUT2D eigenvalue weighted by atomic mass is 9.99. The lowest BCUT2D eigenvalue weighted by molar-refractivity contribution is -0.128. The van der Waals surface area contributed by atoms with Gasteiger partial charge in [-0.05, 0) is 88.7 Å². The molecule has 6 rings (SSSR count). The average molecular weight is 650 g/mol. The minimum absolute atomic E-state index is 0.0599. The second kappa shape index (κ2) is 12.9. The summed E-state index contributed by atoms with van der Waals surface area (Å²) in [5.41, 5.74) is 2.08. The number of hydrogen-bond donors (Lipinski definition) is 3. The minimum atomic E-state index is -0.529. The number of piperidine rings is 1. The summed E-state index contributed by atoms with van der Waals surface area (Å²) in [5, 5.41) is 19.5. The number of benzene rings is 2. The van der Waals surface area contributed by atoms with Gasteiger partial charge in [-0.25, -0.2) is 9.78 Å². The maximum Gasteiger partial charge on any atom is 0.331 e. The molecular formula is C35H35N7O4S. The van der Waals surface area contributed by atoms with Crippen LogP contribution in [0.4, 0.5) is 21.9 Å². The normalized spacial score (nSPS) is 16.4. The summed E-state index contributed by atoms with van der Waals surface area (Å²) in [5.74, 6) is 0.648. The number of ether oxygens (including phenoxy) is 1. The first kappa shape index (κ1) is 31.7. The van der Waals surface area contributed by atoms with E-state index < -0.39 is 11.6 Å². The Labute approximate surface area is 276 Å². The number of rotatable bonds is 8. The van der Waals surface area contributed by atoms with Gasteiger partial charge in [0, 0.05) is 30.9 Å². The van der Waals surface area contributed by atoms with E-state index in [0.29, 0.717) is 63.0 Å². The maximum atomic E-state index is 13.7. The Hall–Kier alpha value is -5.25. The lowest BCUT2D eigenvalue weighted by Crippen LogP contribution is -2.50. The van der Waals surface area contributed by atoms with E-state index in [1.54, 1.807) is 35.2 Å². The van der Waals surface area contributed by atoms with Crippen LogP contribution in [0.15, 0.2) is 72.4 Å². The van der Waals surface area contributed by atoms with E-state index in [0.717, 1.165) is 5.56 Å². The van der Waals surface area contributed by atoms with Crippen LogP contribution in [0.5, 0.6) is 11.5 Å². The molecule has 12 heteroatoms. The molecule has 2 aliphatic heterocycles. The predicted octanol–water partition coefficient (Wildman–Crippen LogP) is 6.25. The summed E-state index contributed by atoms with van der Waals surface area (Å²) in [6.07, 6.45) is 4.62. The molecule has 4 aromatic rings. The number of carbonyl (C=O) groups excluding carboxylic acids is 3. The smallest absolute Gasteiger partial charge is 0.331 e. The van der Waals surface area contributed by atoms with E-state index in [2.05, 4.69) is 20.9 Å². The number of anilines is 3. The number of amides is 4. The van der Waals surface area contributed by atoms with Crippen molar-refractivity contribution >= 4 is 56.5 Å². The van der Waals surface area contributed by atoms with Gasteiger partial charge in [-0.2, -0.15) is 5.26 Å². The summed E-state index contributed by atoms with van der Waals surface area (Å²) in [7, 11) is 1.77. The van der Waals surface area contributed by atoms with Gasteiger partial charge in [0.05, 0.1) is 22.4 Å². The highest BCUT2D eigenvalue weighted by Gasteiger charge is 2.35. The van der Waals surface area contributed by atoms with Crippen molar-refractivity contribution in [3.63, 3.8) is 0 Å². The molecule has 0 bridgehead atoms. The van der Waals surface area contributed by atoms with Crippen LogP contribution >= 0.6 is 11.3 Å². The molecule has 240 valence electrons. The molecule has 1 saturated heterocycles. The van der Waals surface area contributed by atoms with Gasteiger partial charge in [-0.15, -0.1) is 11.3 Å². The summed E-state index contributed by atoms with van der Waals surface area (Å²) < 4.78 is 5.98. The molecule has 1 atom stereocenters. The highest BCUT2D eigenvalue weighted by molar-refractivity contribution is 7.21. The van der Waals surface area contributed by atoms with E-state index in [4.69, 9.17) is 4.74 Å². The molecule has 3 N–H and O–H groups in total. The van der Waals surface area contributed by atoms with Crippen molar-refractivity contribution in [2.75, 3.05) is 30.4 Å². The van der Waals surface area contributed by atoms with E-state index >= 15 is 0 Å². The quantitative estimate of drug-likeness (QED) is 0.151. The first-order valence-electron chi connectivity index (χ1n) is 15.4. The zero-order valence-electron chi connectivity index (χ0n) is 26.6. The van der Waals surface area contributed by atoms with Crippen molar-refractivity contribution in [3.05, 3.63) is 82.9 Å². The average Bonchev–Trinajstić information content (AvgIpc) is 3.44. The second-order valence-electron chi connectivity index (χ2n) is 12.2. The van der Waals surface area contributed by atoms with Crippen LogP contribution in [0.1, 0.15) is 41.9 Å². The summed E-state index contributed by atoms with van der Waals surface area (Å²) >= 11 is 1.21. The SMILES string of the molecule is CNC(C)(C)C=C(C#N)C(=O)N1CCCC(NC(=O)c2sc3nccc4c3c2NC(=O)N4c2ccc(Oc3ccccc3)cc2C)C1. The first-order valence-corrected chi connectivity index (χ1v) is 16.2. The molecule has 47 heavy (non-hydrogen) atoms. The number of nitrogens with one attached hydrogen (secondary N) is 3. The summed E-state index contributed by atoms with van der Waals surface area (Å²) in [6, 6.07) is 18.1. The molecule has 0 aliphatic carbocycles. The van der Waals surface area contributed by atoms with Crippen LogP contribution in [0, 0.1) is 18.3 Å². The molecule has 0 saturated carbocycles. The third-order valence-corrected chi connectivity index (χ3v) is 9.48. The number of likely N-dealkylation sites (tertiary alicyclic amines) is 1. The van der Waals surface area contributed by atoms with E-state index in [1.807, 2.05) is 75.4 Å². The molecule has 1 unspecified atom stereocenters. The highest BCUT2D eigenvalue weighted by atomic mass is 32.1. The first-order chi connectivity index (χ1) is 22.6. The third kappa shape index (κ3) is 6.40. The van der Waals surface area contributed by atoms with Gasteiger partial charge < -0.3 is 25.6 Å². The zero-order chi connectivity index (χ0) is 33.3. The molecule has 2 aliphatic rings. The number of urea groups is 1. The molecule has 4 heterocycles. The Morgan fingerprint density at radius 3 is 2.66 bits per heavy atom. The second-order valence-corrected chi connectivity index (χ2v) is 13.1. The zero-order valence-corrected chi connectivity index (χ0v) is 27.4. The van der Waals surface area contributed by atoms with Crippen LogP contribution in [0.2, 0.25) is 0 Å². The van der Waals surface area contributed by atoms with Crippen LogP contribution in [0.25, 0.3) is 10.2 Å². The van der Waals surface area contributed by atoms with Crippen molar-refractivity contribution in [1.82, 2.24) is 20.5 Å². The van der Waals surface area contributed by atoms with Crippen molar-refractivity contribution in [1.29, 1.82) is 5.26 Å². The molecule has 0 spiro atoms. The number of aryl methyl sites for hydroxylation is 1. The largest absolute Gasteiger partial charge is 0.457 e. The topological polar surface area (TPSA) is 140 Å². The summed E-state index contributed by atoms with van der Waals surface area (Å²) in [6.45, 7) is 6.44. The number of hydrogen-bond acceptors (Lipinski definition) is 8. The Morgan fingerprint density at radius 2 is 1.94 bits per heavy atom. The number of nitrogens with zero attached hydrogens (tertiary/aromatic N) is 4. The monoisotopic (exact) mass is 649 g/mol. The number of pyridine rings is 1. The van der Waals surface area contributed by atoms with E-state index in [-0.39, 0.29) is 30.0 Å². The standard InChI is InChI=1S/C35H35N7O4S/c1-21-17-25(46-24-10-6-5-7-11-24)12-13-26(21)42-27-14-15-38-32-28(27)29(40-34(42)45)30(47-32)31(43)39-23-9-8-16-41(20-23)33(44)22(19-36)18-35(2,3)37-4/h5-7,10-15,17-18,23,37H,8-9,16,20H2,1-4H3,(H,39,43)(H,40,45). The van der Waals surface area contributed by atoms with Gasteiger partial charge in [0.2, 0.25) is 0 Å². The van der Waals surface area contributed by atoms with Crippen molar-refractivity contribution < 1.29 is 19.1 Å². The van der Waals surface area contributed by atoms with Crippen molar-refractivity contribution in [3.8, 4) is 17.6 Å². The van der Waals surface area contributed by atoms with Crippen LogP contribution in [-0.4, -0.2) is 59.4 Å². The molecule has 1 fully saturated rings. The molecule has 11 nitrogen and oxygen atoms in total. The van der Waals surface area contributed by atoms with Gasteiger partial charge in [0.25, 0.3) is 11.8 Å². The Balaban J connectivity index is 1.23. The molecule has 2 aromatic heterocycles. The van der Waals surface area contributed by atoms with Crippen LogP contribution < -0.4 is 25.6 Å². The Kier molecular flexibility index (Phi) is 8.68. The lowest BCUT2D eigenvalue weighted by Gasteiger charge is -2.33. The maximum absolute atomic E-state index is 13.7. The minimum Gasteiger partial charge on any atom is -0.457 e. The highest BCUT2D eigenvalue weighted by Crippen LogP contribution is 2.46. The van der Waals surface area contributed by atoms with Crippen LogP contribution in [0.3, 0.4) is 0 Å². The number of nitriles is 1. The fraction of sp³-hybridized carbons (Fsp3) is 0.286. The number of aromatic nitrogens is 1.